The van der Waals surface area contributed by atoms with Crippen molar-refractivity contribution in [2.75, 3.05) is 5.75 Å². The number of amides is 1. The Hall–Kier alpha value is -0.220. The fourth-order valence-electron chi connectivity index (χ4n) is 1.10. The lowest BCUT2D eigenvalue weighted by Crippen LogP contribution is -2.29. The number of rotatable bonds is 8. The van der Waals surface area contributed by atoms with Crippen LogP contribution in [0.1, 0.15) is 46.5 Å². The monoisotopic (exact) mass is 232 g/mol. The molecule has 0 aliphatic heterocycles. The summed E-state index contributed by atoms with van der Waals surface area (Å²) in [4.78, 5) is 10.8. The number of hydrogen-bond donors (Lipinski definition) is 2. The summed E-state index contributed by atoms with van der Waals surface area (Å²) in [6, 6.07) is 0. The van der Waals surface area contributed by atoms with Crippen molar-refractivity contribution in [3.63, 3.8) is 0 Å². The molecule has 0 radical (unpaired) electrons. The molecule has 15 heavy (non-hydrogen) atoms. The molecule has 3 nitrogen and oxygen atoms in total. The number of unbranched alkanes of at least 4 members (excludes halogenated alkanes) is 2. The highest BCUT2D eigenvalue weighted by Crippen LogP contribution is 2.20. The molecule has 0 saturated heterocycles. The molecular formula is C11H24N2OS. The Morgan fingerprint density at radius 3 is 2.47 bits per heavy atom. The van der Waals surface area contributed by atoms with Gasteiger partial charge >= 0.3 is 0 Å². The first-order chi connectivity index (χ1) is 7.07. The first-order valence-corrected chi connectivity index (χ1v) is 6.73. The minimum absolute atomic E-state index is 0.0572. The van der Waals surface area contributed by atoms with Gasteiger partial charge in [0.1, 0.15) is 0 Å². The molecule has 0 saturated carbocycles. The summed E-state index contributed by atoms with van der Waals surface area (Å²) in [5.41, 5.74) is 2.14. The molecule has 0 aliphatic carbocycles. The molecule has 0 spiro atoms. The first kappa shape index (κ1) is 14.8. The van der Waals surface area contributed by atoms with Gasteiger partial charge in [0.25, 0.3) is 0 Å². The first-order valence-electron chi connectivity index (χ1n) is 5.69. The van der Waals surface area contributed by atoms with E-state index >= 15 is 0 Å². The van der Waals surface area contributed by atoms with Crippen LogP contribution in [-0.4, -0.2) is 16.9 Å². The molecular weight excluding hydrogens is 208 g/mol. The summed E-state index contributed by atoms with van der Waals surface area (Å²) in [7, 11) is 0. The average Bonchev–Trinajstić information content (AvgIpc) is 2.22. The molecule has 0 heterocycles. The Bertz CT molecular complexity index is 174. The molecule has 1 amide bonds. The van der Waals surface area contributed by atoms with E-state index in [0.717, 1.165) is 24.0 Å². The number of nitrogens with one attached hydrogen (secondary N) is 1. The Morgan fingerprint density at radius 2 is 1.93 bits per heavy atom. The number of hydrogen-bond acceptors (Lipinski definition) is 3. The van der Waals surface area contributed by atoms with Gasteiger partial charge in [0.05, 0.1) is 0 Å². The smallest absolute Gasteiger partial charge is 0.233 e. The highest BCUT2D eigenvalue weighted by molar-refractivity contribution is 7.99. The molecule has 4 heteroatoms. The quantitative estimate of drug-likeness (QED) is 0.292. The van der Waals surface area contributed by atoms with Crippen LogP contribution in [0.25, 0.3) is 0 Å². The lowest BCUT2D eigenvalue weighted by atomic mass is 10.2. The van der Waals surface area contributed by atoms with Gasteiger partial charge in [0, 0.05) is 11.7 Å². The molecule has 1 unspecified atom stereocenters. The third kappa shape index (κ3) is 8.75. The van der Waals surface area contributed by atoms with Gasteiger partial charge in [0.15, 0.2) is 0 Å². The molecule has 3 N–H and O–H groups in total. The second-order valence-electron chi connectivity index (χ2n) is 4.20. The van der Waals surface area contributed by atoms with Gasteiger partial charge < -0.3 is 0 Å². The number of nitrogens with two attached hydrogens (primary N) is 1. The van der Waals surface area contributed by atoms with E-state index in [1.165, 1.54) is 12.2 Å². The Kier molecular flexibility index (Phi) is 8.91. The van der Waals surface area contributed by atoms with Gasteiger partial charge in [-0.2, -0.15) is 11.8 Å². The summed E-state index contributed by atoms with van der Waals surface area (Å²) in [6.07, 6.45) is 3.81. The SMILES string of the molecule is CC(C)C(C)SCCCCCC(=O)NN. The second-order valence-corrected chi connectivity index (χ2v) is 5.68. The number of carbonyl (C=O) groups excluding carboxylic acids is 1. The number of carbonyl (C=O) groups is 1. The zero-order valence-electron chi connectivity index (χ0n) is 10.1. The van der Waals surface area contributed by atoms with Crippen LogP contribution in [0.4, 0.5) is 0 Å². The lowest BCUT2D eigenvalue weighted by Gasteiger charge is -2.14. The largest absolute Gasteiger partial charge is 0.294 e. The molecule has 0 rings (SSSR count). The van der Waals surface area contributed by atoms with E-state index in [-0.39, 0.29) is 5.91 Å². The Balaban J connectivity index is 3.22. The predicted octanol–water partition coefficient (Wildman–Crippen LogP) is 2.31. The highest BCUT2D eigenvalue weighted by Gasteiger charge is 2.06. The van der Waals surface area contributed by atoms with Gasteiger partial charge in [-0.15, -0.1) is 0 Å². The minimum atomic E-state index is -0.0572. The van der Waals surface area contributed by atoms with E-state index in [9.17, 15) is 4.79 Å². The van der Waals surface area contributed by atoms with E-state index in [4.69, 9.17) is 5.84 Å². The normalized spacial score (nSPS) is 12.9. The van der Waals surface area contributed by atoms with Crippen LogP contribution in [0.15, 0.2) is 0 Å². The zero-order valence-corrected chi connectivity index (χ0v) is 10.9. The molecule has 1 atom stereocenters. The van der Waals surface area contributed by atoms with Gasteiger partial charge in [-0.3, -0.25) is 10.2 Å². The summed E-state index contributed by atoms with van der Waals surface area (Å²) in [5.74, 6) is 6.87. The van der Waals surface area contributed by atoms with Crippen LogP contribution < -0.4 is 11.3 Å². The number of thioether (sulfide) groups is 1. The Labute approximate surface area is 97.5 Å². The molecule has 90 valence electrons. The summed E-state index contributed by atoms with van der Waals surface area (Å²) < 4.78 is 0. The zero-order chi connectivity index (χ0) is 11.7. The topological polar surface area (TPSA) is 55.1 Å². The average molecular weight is 232 g/mol. The van der Waals surface area contributed by atoms with E-state index in [0.29, 0.717) is 6.42 Å². The maximum atomic E-state index is 10.8. The van der Waals surface area contributed by atoms with Crippen molar-refractivity contribution < 1.29 is 4.79 Å². The summed E-state index contributed by atoms with van der Waals surface area (Å²) in [5, 5.41) is 0.734. The molecule has 0 bridgehead atoms. The summed E-state index contributed by atoms with van der Waals surface area (Å²) >= 11 is 2.02. The standard InChI is InChI=1S/C11H24N2OS/c1-9(2)10(3)15-8-6-4-5-7-11(14)13-12/h9-10H,4-8,12H2,1-3H3,(H,13,14). The van der Waals surface area contributed by atoms with Crippen molar-refractivity contribution >= 4 is 17.7 Å². The van der Waals surface area contributed by atoms with E-state index in [1.54, 1.807) is 0 Å². The van der Waals surface area contributed by atoms with E-state index < -0.39 is 0 Å². The lowest BCUT2D eigenvalue weighted by molar-refractivity contribution is -0.121. The van der Waals surface area contributed by atoms with Crippen LogP contribution in [0.5, 0.6) is 0 Å². The predicted molar refractivity (Wildman–Crippen MR) is 67.6 cm³/mol. The van der Waals surface area contributed by atoms with Crippen LogP contribution in [0.2, 0.25) is 0 Å². The minimum Gasteiger partial charge on any atom is -0.294 e. The van der Waals surface area contributed by atoms with Crippen LogP contribution in [-0.2, 0) is 4.79 Å². The molecule has 0 aromatic heterocycles. The van der Waals surface area contributed by atoms with Gasteiger partial charge in [-0.1, -0.05) is 27.2 Å². The maximum Gasteiger partial charge on any atom is 0.233 e. The maximum absolute atomic E-state index is 10.8. The summed E-state index contributed by atoms with van der Waals surface area (Å²) in [6.45, 7) is 6.78. The van der Waals surface area contributed by atoms with Crippen LogP contribution >= 0.6 is 11.8 Å². The van der Waals surface area contributed by atoms with Crippen molar-refractivity contribution in [3.05, 3.63) is 0 Å². The van der Waals surface area contributed by atoms with Crippen molar-refractivity contribution in [3.8, 4) is 0 Å². The van der Waals surface area contributed by atoms with Crippen molar-refractivity contribution in [2.45, 2.75) is 51.7 Å². The molecule has 0 aromatic rings. The van der Waals surface area contributed by atoms with Gasteiger partial charge in [-0.05, 0) is 24.5 Å². The van der Waals surface area contributed by atoms with Crippen molar-refractivity contribution in [1.29, 1.82) is 0 Å². The number of hydrazine groups is 1. The van der Waals surface area contributed by atoms with Crippen molar-refractivity contribution in [1.82, 2.24) is 5.43 Å². The Morgan fingerprint density at radius 1 is 1.27 bits per heavy atom. The van der Waals surface area contributed by atoms with Crippen molar-refractivity contribution in [2.24, 2.45) is 11.8 Å². The van der Waals surface area contributed by atoms with Crippen LogP contribution in [0.3, 0.4) is 0 Å². The highest BCUT2D eigenvalue weighted by atomic mass is 32.2. The van der Waals surface area contributed by atoms with Gasteiger partial charge in [-0.25, -0.2) is 5.84 Å². The van der Waals surface area contributed by atoms with Crippen LogP contribution in [0, 0.1) is 5.92 Å². The molecule has 0 aliphatic rings. The van der Waals surface area contributed by atoms with E-state index in [2.05, 4.69) is 26.2 Å². The van der Waals surface area contributed by atoms with Gasteiger partial charge in [0.2, 0.25) is 5.91 Å². The third-order valence-electron chi connectivity index (χ3n) is 2.53. The third-order valence-corrected chi connectivity index (χ3v) is 4.12. The molecule has 0 fully saturated rings. The molecule has 0 aromatic carbocycles. The van der Waals surface area contributed by atoms with E-state index in [1.807, 2.05) is 11.8 Å². The fourth-order valence-corrected chi connectivity index (χ4v) is 2.23. The fraction of sp³-hybridized carbons (Fsp3) is 0.909. The second kappa shape index (κ2) is 9.04.